The van der Waals surface area contributed by atoms with Crippen LogP contribution in [-0.2, 0) is 19.4 Å². The molecule has 1 aromatic carbocycles. The first-order chi connectivity index (χ1) is 13.7. The maximum atomic E-state index is 5.92. The van der Waals surface area contributed by atoms with E-state index in [2.05, 4.69) is 15.5 Å². The van der Waals surface area contributed by atoms with Crippen LogP contribution < -0.4 is 14.8 Å². The zero-order valence-electron chi connectivity index (χ0n) is 16.0. The first-order valence-corrected chi connectivity index (χ1v) is 9.54. The summed E-state index contributed by atoms with van der Waals surface area (Å²) in [7, 11) is 1.67. The fourth-order valence-electron chi connectivity index (χ4n) is 4.03. The Labute approximate surface area is 163 Å². The topological polar surface area (TPSA) is 82.3 Å². The summed E-state index contributed by atoms with van der Waals surface area (Å²) >= 11 is 0. The van der Waals surface area contributed by atoms with E-state index >= 15 is 0 Å². The van der Waals surface area contributed by atoms with Crippen LogP contribution in [0, 0.1) is 6.92 Å². The minimum atomic E-state index is 0.0235. The van der Waals surface area contributed by atoms with Crippen molar-refractivity contribution in [2.45, 2.75) is 32.2 Å². The molecule has 7 heteroatoms. The number of rotatable bonds is 3. The molecule has 4 heterocycles. The van der Waals surface area contributed by atoms with Crippen molar-refractivity contribution in [3.63, 3.8) is 0 Å². The van der Waals surface area contributed by atoms with Crippen molar-refractivity contribution >= 4 is 0 Å². The summed E-state index contributed by atoms with van der Waals surface area (Å²) in [5, 5.41) is 7.68. The lowest BCUT2D eigenvalue weighted by Crippen LogP contribution is -2.25. The van der Waals surface area contributed by atoms with Gasteiger partial charge in [0.15, 0.2) is 0 Å². The number of aromatic nitrogens is 3. The zero-order valence-corrected chi connectivity index (χ0v) is 16.0. The first kappa shape index (κ1) is 17.2. The molecule has 5 rings (SSSR count). The molecule has 0 saturated carbocycles. The number of benzene rings is 1. The predicted molar refractivity (Wildman–Crippen MR) is 103 cm³/mol. The highest BCUT2D eigenvalue weighted by Crippen LogP contribution is 2.35. The molecule has 2 aliphatic rings. The Hall–Kier alpha value is -2.93. The molecule has 2 aliphatic heterocycles. The molecule has 0 fully saturated rings. The number of hydrogen-bond donors (Lipinski definition) is 1. The van der Waals surface area contributed by atoms with Crippen LogP contribution in [0.2, 0.25) is 0 Å². The van der Waals surface area contributed by atoms with E-state index in [9.17, 15) is 0 Å². The number of nitrogens with one attached hydrogen (secondary N) is 1. The van der Waals surface area contributed by atoms with Crippen molar-refractivity contribution in [3.05, 3.63) is 52.7 Å². The SMILES string of the molecule is COc1ccc2c(c1)C[C@@H](c1nc(-c3c(C)ncc4c3CCNC4)no1)CO2. The molecule has 1 N–H and O–H groups in total. The fourth-order valence-corrected chi connectivity index (χ4v) is 4.03. The number of nitrogens with zero attached hydrogens (tertiary/aromatic N) is 3. The fraction of sp³-hybridized carbons (Fsp3) is 0.381. The summed E-state index contributed by atoms with van der Waals surface area (Å²) < 4.78 is 16.9. The molecule has 7 nitrogen and oxygen atoms in total. The second-order valence-electron chi connectivity index (χ2n) is 7.29. The van der Waals surface area contributed by atoms with Crippen LogP contribution >= 0.6 is 0 Å². The molecule has 0 saturated heterocycles. The average molecular weight is 378 g/mol. The van der Waals surface area contributed by atoms with Gasteiger partial charge in [0.25, 0.3) is 0 Å². The third kappa shape index (κ3) is 2.92. The Morgan fingerprint density at radius 3 is 3.07 bits per heavy atom. The Morgan fingerprint density at radius 1 is 1.25 bits per heavy atom. The standard InChI is InChI=1S/C21H22N4O3/c1-12-19(17-5-6-22-9-15(17)10-23-12)20-24-21(28-25-20)14-7-13-8-16(26-2)3-4-18(13)27-11-14/h3-4,8,10,14,22H,5-7,9,11H2,1-2H3/t14-/m1/s1. The van der Waals surface area contributed by atoms with Crippen molar-refractivity contribution in [1.29, 1.82) is 0 Å². The number of fused-ring (bicyclic) bond motifs is 2. The van der Waals surface area contributed by atoms with Crippen LogP contribution in [0.5, 0.6) is 11.5 Å². The molecule has 2 aromatic heterocycles. The van der Waals surface area contributed by atoms with Crippen molar-refractivity contribution in [2.75, 3.05) is 20.3 Å². The second kappa shape index (κ2) is 6.91. The summed E-state index contributed by atoms with van der Waals surface area (Å²) in [6, 6.07) is 5.86. The van der Waals surface area contributed by atoms with E-state index in [1.54, 1.807) is 7.11 Å². The summed E-state index contributed by atoms with van der Waals surface area (Å²) in [5.74, 6) is 2.96. The van der Waals surface area contributed by atoms with Gasteiger partial charge in [-0.25, -0.2) is 0 Å². The molecular formula is C21H22N4O3. The number of hydrogen-bond acceptors (Lipinski definition) is 7. The van der Waals surface area contributed by atoms with Crippen molar-refractivity contribution in [2.24, 2.45) is 0 Å². The van der Waals surface area contributed by atoms with E-state index in [0.717, 1.165) is 54.3 Å². The molecule has 3 aromatic rings. The second-order valence-corrected chi connectivity index (χ2v) is 7.29. The van der Waals surface area contributed by atoms with Gasteiger partial charge >= 0.3 is 0 Å². The van der Waals surface area contributed by atoms with Gasteiger partial charge in [-0.3, -0.25) is 4.98 Å². The highest BCUT2D eigenvalue weighted by Gasteiger charge is 2.28. The smallest absolute Gasteiger partial charge is 0.233 e. The largest absolute Gasteiger partial charge is 0.497 e. The lowest BCUT2D eigenvalue weighted by atomic mass is 9.95. The van der Waals surface area contributed by atoms with Gasteiger partial charge in [0.2, 0.25) is 11.7 Å². The van der Waals surface area contributed by atoms with Crippen molar-refractivity contribution in [1.82, 2.24) is 20.4 Å². The van der Waals surface area contributed by atoms with Gasteiger partial charge in [0.05, 0.1) is 13.0 Å². The molecule has 0 aliphatic carbocycles. The highest BCUT2D eigenvalue weighted by atomic mass is 16.5. The number of ether oxygens (including phenoxy) is 2. The lowest BCUT2D eigenvalue weighted by Gasteiger charge is -2.23. The third-order valence-corrected chi connectivity index (χ3v) is 5.52. The Morgan fingerprint density at radius 2 is 2.18 bits per heavy atom. The van der Waals surface area contributed by atoms with E-state index in [1.165, 1.54) is 11.1 Å². The Kier molecular flexibility index (Phi) is 4.24. The van der Waals surface area contributed by atoms with Gasteiger partial charge in [0.1, 0.15) is 18.1 Å². The lowest BCUT2D eigenvalue weighted by molar-refractivity contribution is 0.230. The van der Waals surface area contributed by atoms with Crippen molar-refractivity contribution in [3.8, 4) is 22.9 Å². The van der Waals surface area contributed by atoms with Crippen LogP contribution in [0.3, 0.4) is 0 Å². The molecule has 0 radical (unpaired) electrons. The van der Waals surface area contributed by atoms with E-state index in [4.69, 9.17) is 19.0 Å². The van der Waals surface area contributed by atoms with Gasteiger partial charge in [-0.05, 0) is 61.2 Å². The van der Waals surface area contributed by atoms with Gasteiger partial charge in [-0.1, -0.05) is 5.16 Å². The predicted octanol–water partition coefficient (Wildman–Crippen LogP) is 2.81. The normalized spacial score (nSPS) is 18.1. The van der Waals surface area contributed by atoms with Crippen LogP contribution in [0.4, 0.5) is 0 Å². The maximum Gasteiger partial charge on any atom is 0.233 e. The molecular weight excluding hydrogens is 356 g/mol. The summed E-state index contributed by atoms with van der Waals surface area (Å²) in [6.07, 6.45) is 3.67. The molecule has 0 unspecified atom stereocenters. The molecule has 144 valence electrons. The number of methoxy groups -OCH3 is 1. The minimum absolute atomic E-state index is 0.0235. The van der Waals surface area contributed by atoms with Crippen LogP contribution in [0.15, 0.2) is 28.9 Å². The summed E-state index contributed by atoms with van der Waals surface area (Å²) in [4.78, 5) is 9.28. The highest BCUT2D eigenvalue weighted by molar-refractivity contribution is 5.64. The van der Waals surface area contributed by atoms with E-state index in [0.29, 0.717) is 18.3 Å². The van der Waals surface area contributed by atoms with E-state index in [1.807, 2.05) is 31.3 Å². The van der Waals surface area contributed by atoms with Gasteiger partial charge in [-0.15, -0.1) is 0 Å². The monoisotopic (exact) mass is 378 g/mol. The maximum absolute atomic E-state index is 5.92. The Bertz CT molecular complexity index is 1030. The zero-order chi connectivity index (χ0) is 19.1. The van der Waals surface area contributed by atoms with E-state index < -0.39 is 0 Å². The molecule has 0 spiro atoms. The first-order valence-electron chi connectivity index (χ1n) is 9.54. The quantitative estimate of drug-likeness (QED) is 0.750. The number of pyridine rings is 1. The van der Waals surface area contributed by atoms with Gasteiger partial charge in [-0.2, -0.15) is 4.98 Å². The minimum Gasteiger partial charge on any atom is -0.497 e. The summed E-state index contributed by atoms with van der Waals surface area (Å²) in [6.45, 7) is 4.30. The molecule has 1 atom stereocenters. The average Bonchev–Trinajstić information content (AvgIpc) is 3.22. The molecule has 28 heavy (non-hydrogen) atoms. The van der Waals surface area contributed by atoms with Gasteiger partial charge in [0, 0.05) is 24.0 Å². The van der Waals surface area contributed by atoms with Crippen molar-refractivity contribution < 1.29 is 14.0 Å². The van der Waals surface area contributed by atoms with E-state index in [-0.39, 0.29) is 5.92 Å². The Balaban J connectivity index is 1.46. The van der Waals surface area contributed by atoms with Crippen LogP contribution in [-0.4, -0.2) is 35.4 Å². The number of aryl methyl sites for hydroxylation is 1. The van der Waals surface area contributed by atoms with Crippen LogP contribution in [0.25, 0.3) is 11.4 Å². The molecule has 0 bridgehead atoms. The van der Waals surface area contributed by atoms with Crippen LogP contribution in [0.1, 0.15) is 34.2 Å². The third-order valence-electron chi connectivity index (χ3n) is 5.52. The van der Waals surface area contributed by atoms with Gasteiger partial charge < -0.3 is 19.3 Å². The molecule has 0 amide bonds. The summed E-state index contributed by atoms with van der Waals surface area (Å²) in [5.41, 5.74) is 5.51.